The van der Waals surface area contributed by atoms with Crippen LogP contribution in [0.4, 0.5) is 10.1 Å². The molecule has 2 fully saturated rings. The number of hydrogen-bond donors (Lipinski definition) is 1. The minimum atomic E-state index is -1.44. The van der Waals surface area contributed by atoms with Crippen molar-refractivity contribution in [2.75, 3.05) is 5.32 Å². The van der Waals surface area contributed by atoms with Crippen LogP contribution in [0.25, 0.3) is 0 Å². The SMILES string of the molecule is N#CC1(CC(=O)c2cc(NC(=O)C3C(c4cc(Cl)c(F)c(Cl)c4)C3(Cl)Cl)ccc2Cl)CC1. The summed E-state index contributed by atoms with van der Waals surface area (Å²) in [7, 11) is 0. The molecule has 0 aromatic heterocycles. The minimum Gasteiger partial charge on any atom is -0.326 e. The van der Waals surface area contributed by atoms with Gasteiger partial charge >= 0.3 is 0 Å². The molecule has 32 heavy (non-hydrogen) atoms. The number of nitriles is 1. The van der Waals surface area contributed by atoms with E-state index in [1.807, 2.05) is 0 Å². The molecular formula is C22H14Cl5FN2O2. The van der Waals surface area contributed by atoms with Crippen molar-refractivity contribution < 1.29 is 14.0 Å². The van der Waals surface area contributed by atoms with Crippen molar-refractivity contribution >= 4 is 75.4 Å². The number of ketones is 1. The normalized spacial score (nSPS) is 22.0. The number of alkyl halides is 2. The number of rotatable bonds is 6. The third-order valence-electron chi connectivity index (χ3n) is 5.83. The van der Waals surface area contributed by atoms with Gasteiger partial charge in [-0.2, -0.15) is 5.26 Å². The van der Waals surface area contributed by atoms with Gasteiger partial charge in [0.15, 0.2) is 11.6 Å². The average Bonchev–Trinajstić information content (AvgIpc) is 3.62. The van der Waals surface area contributed by atoms with Gasteiger partial charge in [0.2, 0.25) is 5.91 Å². The maximum Gasteiger partial charge on any atom is 0.231 e. The predicted octanol–water partition coefficient (Wildman–Crippen LogP) is 7.19. The Hall–Kier alpha value is -1.55. The van der Waals surface area contributed by atoms with Crippen LogP contribution in [0.1, 0.15) is 41.1 Å². The Balaban J connectivity index is 1.52. The summed E-state index contributed by atoms with van der Waals surface area (Å²) in [5.41, 5.74) is 0.368. The summed E-state index contributed by atoms with van der Waals surface area (Å²) in [5, 5.41) is 11.7. The molecule has 0 saturated heterocycles. The van der Waals surface area contributed by atoms with Gasteiger partial charge < -0.3 is 5.32 Å². The summed E-state index contributed by atoms with van der Waals surface area (Å²) >= 11 is 30.5. The first-order chi connectivity index (χ1) is 15.0. The van der Waals surface area contributed by atoms with E-state index in [4.69, 9.17) is 58.0 Å². The number of nitrogens with one attached hydrogen (secondary N) is 1. The van der Waals surface area contributed by atoms with E-state index in [9.17, 15) is 19.2 Å². The van der Waals surface area contributed by atoms with Crippen molar-refractivity contribution in [3.05, 3.63) is 62.3 Å². The Labute approximate surface area is 208 Å². The first-order valence-electron chi connectivity index (χ1n) is 9.56. The quantitative estimate of drug-likeness (QED) is 0.242. The highest BCUT2D eigenvalue weighted by molar-refractivity contribution is 6.53. The molecule has 1 amide bonds. The van der Waals surface area contributed by atoms with E-state index in [-0.39, 0.29) is 32.8 Å². The number of carbonyl (C=O) groups is 2. The molecule has 4 rings (SSSR count). The molecule has 2 aliphatic carbocycles. The van der Waals surface area contributed by atoms with Gasteiger partial charge in [-0.05, 0) is 48.7 Å². The third kappa shape index (κ3) is 4.32. The fraction of sp³-hybridized carbons (Fsp3) is 0.318. The maximum atomic E-state index is 13.7. The largest absolute Gasteiger partial charge is 0.326 e. The van der Waals surface area contributed by atoms with E-state index < -0.39 is 33.3 Å². The van der Waals surface area contributed by atoms with Crippen molar-refractivity contribution in [1.82, 2.24) is 0 Å². The number of halogens is 6. The molecule has 0 spiro atoms. The molecule has 166 valence electrons. The van der Waals surface area contributed by atoms with Crippen LogP contribution in [0.15, 0.2) is 30.3 Å². The summed E-state index contributed by atoms with van der Waals surface area (Å²) in [6.45, 7) is 0. The summed E-state index contributed by atoms with van der Waals surface area (Å²) in [4.78, 5) is 25.5. The second kappa shape index (κ2) is 8.34. The molecule has 2 unspecified atom stereocenters. The zero-order chi connectivity index (χ0) is 23.4. The van der Waals surface area contributed by atoms with E-state index in [2.05, 4.69) is 11.4 Å². The summed E-state index contributed by atoms with van der Waals surface area (Å²) in [6.07, 6.45) is 1.43. The number of anilines is 1. The standard InChI is InChI=1S/C22H14Cl5FN2O2/c23-13-2-1-11(7-12(13)16(31)8-21(9-29)3-4-21)30-20(32)18-17(22(18,26)27)10-5-14(24)19(28)15(25)6-10/h1-2,5-7,17-18H,3-4,8H2,(H,30,32). The van der Waals surface area contributed by atoms with Gasteiger partial charge in [-0.3, -0.25) is 9.59 Å². The summed E-state index contributed by atoms with van der Waals surface area (Å²) in [5.74, 6) is -3.04. The zero-order valence-electron chi connectivity index (χ0n) is 16.2. The van der Waals surface area contributed by atoms with Gasteiger partial charge in [0, 0.05) is 23.6 Å². The van der Waals surface area contributed by atoms with Crippen LogP contribution in [0.3, 0.4) is 0 Å². The molecule has 2 aliphatic rings. The highest BCUT2D eigenvalue weighted by Crippen LogP contribution is 2.65. The van der Waals surface area contributed by atoms with E-state index in [0.717, 1.165) is 0 Å². The molecule has 2 aromatic carbocycles. The van der Waals surface area contributed by atoms with Crippen LogP contribution >= 0.6 is 58.0 Å². The fourth-order valence-electron chi connectivity index (χ4n) is 3.74. The van der Waals surface area contributed by atoms with Crippen LogP contribution in [-0.4, -0.2) is 16.0 Å². The molecule has 10 heteroatoms. The second-order valence-corrected chi connectivity index (χ2v) is 10.8. The molecule has 4 nitrogen and oxygen atoms in total. The molecule has 2 saturated carbocycles. The number of hydrogen-bond acceptors (Lipinski definition) is 3. The molecule has 2 aromatic rings. The number of benzene rings is 2. The average molecular weight is 535 g/mol. The fourth-order valence-corrected chi connectivity index (χ4v) is 5.30. The van der Waals surface area contributed by atoms with Crippen LogP contribution in [-0.2, 0) is 4.79 Å². The Morgan fingerprint density at radius 3 is 2.28 bits per heavy atom. The van der Waals surface area contributed by atoms with Gasteiger partial charge in [0.25, 0.3) is 0 Å². The van der Waals surface area contributed by atoms with Crippen molar-refractivity contribution in [2.45, 2.75) is 29.5 Å². The number of nitrogens with zero attached hydrogens (tertiary/aromatic N) is 1. The first kappa shape index (κ1) is 23.6. The van der Waals surface area contributed by atoms with Crippen LogP contribution < -0.4 is 5.32 Å². The predicted molar refractivity (Wildman–Crippen MR) is 123 cm³/mol. The zero-order valence-corrected chi connectivity index (χ0v) is 20.0. The monoisotopic (exact) mass is 532 g/mol. The number of amides is 1. The molecule has 0 heterocycles. The van der Waals surface area contributed by atoms with Crippen LogP contribution in [0.5, 0.6) is 0 Å². The second-order valence-electron chi connectivity index (χ2n) is 8.10. The first-order valence-corrected chi connectivity index (χ1v) is 11.5. The van der Waals surface area contributed by atoms with E-state index in [1.54, 1.807) is 6.07 Å². The van der Waals surface area contributed by atoms with Crippen molar-refractivity contribution in [3.8, 4) is 6.07 Å². The van der Waals surface area contributed by atoms with Gasteiger partial charge in [-0.25, -0.2) is 4.39 Å². The third-order valence-corrected chi connectivity index (χ3v) is 7.65. The maximum absolute atomic E-state index is 13.7. The van der Waals surface area contributed by atoms with Crippen LogP contribution in [0.2, 0.25) is 15.1 Å². The lowest BCUT2D eigenvalue weighted by Gasteiger charge is -2.10. The Morgan fingerprint density at radius 2 is 1.72 bits per heavy atom. The van der Waals surface area contributed by atoms with E-state index in [0.29, 0.717) is 24.1 Å². The van der Waals surface area contributed by atoms with Gasteiger partial charge in [-0.1, -0.05) is 34.8 Å². The molecular weight excluding hydrogens is 521 g/mol. The molecule has 0 bridgehead atoms. The minimum absolute atomic E-state index is 0.0733. The topological polar surface area (TPSA) is 70.0 Å². The van der Waals surface area contributed by atoms with Crippen LogP contribution in [0, 0.1) is 28.5 Å². The smallest absolute Gasteiger partial charge is 0.231 e. The van der Waals surface area contributed by atoms with Gasteiger partial charge in [0.1, 0.15) is 4.33 Å². The lowest BCUT2D eigenvalue weighted by atomic mass is 9.96. The number of Topliss-reactive ketones (excluding diaryl/α,β-unsaturated/α-hetero) is 1. The summed E-state index contributed by atoms with van der Waals surface area (Å²) in [6, 6.07) is 9.35. The Bertz CT molecular complexity index is 1170. The molecule has 0 aliphatic heterocycles. The molecule has 1 N–H and O–H groups in total. The lowest BCUT2D eigenvalue weighted by Crippen LogP contribution is -2.17. The Kier molecular flexibility index (Phi) is 6.15. The van der Waals surface area contributed by atoms with Crippen molar-refractivity contribution in [1.29, 1.82) is 5.26 Å². The van der Waals surface area contributed by atoms with Crippen molar-refractivity contribution in [2.24, 2.45) is 11.3 Å². The van der Waals surface area contributed by atoms with Gasteiger partial charge in [-0.15, -0.1) is 23.2 Å². The van der Waals surface area contributed by atoms with E-state index in [1.165, 1.54) is 24.3 Å². The lowest BCUT2D eigenvalue weighted by molar-refractivity contribution is -0.117. The summed E-state index contributed by atoms with van der Waals surface area (Å²) < 4.78 is 12.3. The highest BCUT2D eigenvalue weighted by atomic mass is 35.5. The van der Waals surface area contributed by atoms with Gasteiger partial charge in [0.05, 0.1) is 32.5 Å². The highest BCUT2D eigenvalue weighted by Gasteiger charge is 2.67. The molecule has 2 atom stereocenters. The molecule has 0 radical (unpaired) electrons. The van der Waals surface area contributed by atoms with E-state index >= 15 is 0 Å². The Morgan fingerprint density at radius 1 is 1.09 bits per heavy atom. The van der Waals surface area contributed by atoms with Crippen molar-refractivity contribution in [3.63, 3.8) is 0 Å². The number of carbonyl (C=O) groups excluding carboxylic acids is 2.